The van der Waals surface area contributed by atoms with Crippen LogP contribution in [0.1, 0.15) is 30.5 Å². The molecule has 3 rings (SSSR count). The zero-order chi connectivity index (χ0) is 13.1. The van der Waals surface area contributed by atoms with Gasteiger partial charge in [0.25, 0.3) is 0 Å². The van der Waals surface area contributed by atoms with E-state index in [0.29, 0.717) is 13.2 Å². The highest BCUT2D eigenvalue weighted by Crippen LogP contribution is 2.37. The zero-order valence-electron chi connectivity index (χ0n) is 11.4. The Labute approximate surface area is 114 Å². The first kappa shape index (κ1) is 12.8. The molecule has 0 saturated heterocycles. The van der Waals surface area contributed by atoms with Gasteiger partial charge in [-0.15, -0.1) is 0 Å². The average molecular weight is 263 g/mol. The molecule has 0 radical (unpaired) electrons. The fraction of sp³-hybridized carbons (Fsp3) is 0.600. The van der Waals surface area contributed by atoms with Gasteiger partial charge < -0.3 is 19.5 Å². The van der Waals surface area contributed by atoms with Gasteiger partial charge in [0.1, 0.15) is 13.2 Å². The number of fused-ring (bicyclic) bond motifs is 2. The average Bonchev–Trinajstić information content (AvgIpc) is 2.46. The van der Waals surface area contributed by atoms with E-state index in [0.717, 1.165) is 44.1 Å². The highest BCUT2D eigenvalue weighted by molar-refractivity contribution is 5.50. The lowest BCUT2D eigenvalue weighted by molar-refractivity contribution is 0.109. The van der Waals surface area contributed by atoms with Gasteiger partial charge >= 0.3 is 0 Å². The zero-order valence-corrected chi connectivity index (χ0v) is 11.4. The van der Waals surface area contributed by atoms with Crippen LogP contribution in [0.15, 0.2) is 12.1 Å². The summed E-state index contributed by atoms with van der Waals surface area (Å²) in [6, 6.07) is 4.53. The lowest BCUT2D eigenvalue weighted by atomic mass is 9.94. The quantitative estimate of drug-likeness (QED) is 0.844. The van der Waals surface area contributed by atoms with Crippen molar-refractivity contribution < 1.29 is 14.2 Å². The topological polar surface area (TPSA) is 39.7 Å². The molecule has 4 heteroatoms. The number of ether oxygens (including phenoxy) is 3. The maximum absolute atomic E-state index is 5.69. The summed E-state index contributed by atoms with van der Waals surface area (Å²) in [6.45, 7) is 5.94. The Hall–Kier alpha value is -1.26. The Morgan fingerprint density at radius 2 is 2.05 bits per heavy atom. The molecule has 0 spiro atoms. The monoisotopic (exact) mass is 263 g/mol. The number of hydrogen-bond acceptors (Lipinski definition) is 4. The van der Waals surface area contributed by atoms with Crippen molar-refractivity contribution in [2.45, 2.75) is 25.8 Å². The predicted octanol–water partition coefficient (Wildman–Crippen LogP) is 2.07. The lowest BCUT2D eigenvalue weighted by Crippen LogP contribution is -2.33. The van der Waals surface area contributed by atoms with Gasteiger partial charge in [-0.25, -0.2) is 0 Å². The summed E-state index contributed by atoms with van der Waals surface area (Å²) >= 11 is 0. The minimum atomic E-state index is 0.270. The van der Waals surface area contributed by atoms with Crippen LogP contribution in [0.5, 0.6) is 11.5 Å². The fourth-order valence-electron chi connectivity index (χ4n) is 2.67. The second-order valence-corrected chi connectivity index (χ2v) is 5.03. The van der Waals surface area contributed by atoms with E-state index in [4.69, 9.17) is 14.2 Å². The molecule has 19 heavy (non-hydrogen) atoms. The van der Waals surface area contributed by atoms with Crippen molar-refractivity contribution in [3.8, 4) is 11.5 Å². The minimum absolute atomic E-state index is 0.270. The first-order valence-electron chi connectivity index (χ1n) is 7.12. The Morgan fingerprint density at radius 3 is 2.84 bits per heavy atom. The van der Waals surface area contributed by atoms with Crippen LogP contribution in [-0.4, -0.2) is 33.0 Å². The van der Waals surface area contributed by atoms with E-state index in [-0.39, 0.29) is 6.04 Å². The smallest absolute Gasteiger partial charge is 0.161 e. The van der Waals surface area contributed by atoms with Crippen LogP contribution >= 0.6 is 0 Å². The molecule has 0 fully saturated rings. The van der Waals surface area contributed by atoms with Crippen LogP contribution in [0.2, 0.25) is 0 Å². The van der Waals surface area contributed by atoms with E-state index < -0.39 is 0 Å². The van der Waals surface area contributed by atoms with E-state index in [2.05, 4.69) is 24.4 Å². The highest BCUT2D eigenvalue weighted by atomic mass is 16.6. The maximum atomic E-state index is 5.69. The highest BCUT2D eigenvalue weighted by Gasteiger charge is 2.24. The molecule has 2 heterocycles. The predicted molar refractivity (Wildman–Crippen MR) is 73.0 cm³/mol. The van der Waals surface area contributed by atoms with E-state index >= 15 is 0 Å². The summed E-state index contributed by atoms with van der Waals surface area (Å²) in [4.78, 5) is 0. The van der Waals surface area contributed by atoms with E-state index in [1.54, 1.807) is 0 Å². The molecule has 0 aliphatic carbocycles. The summed E-state index contributed by atoms with van der Waals surface area (Å²) in [7, 11) is 0. The largest absolute Gasteiger partial charge is 0.486 e. The fourth-order valence-corrected chi connectivity index (χ4v) is 2.67. The molecule has 2 aliphatic rings. The Kier molecular flexibility index (Phi) is 3.89. The van der Waals surface area contributed by atoms with Crippen LogP contribution in [0.3, 0.4) is 0 Å². The second kappa shape index (κ2) is 5.80. The molecule has 0 aromatic heterocycles. The van der Waals surface area contributed by atoms with Crippen molar-refractivity contribution in [3.05, 3.63) is 23.3 Å². The van der Waals surface area contributed by atoms with Crippen molar-refractivity contribution in [2.24, 2.45) is 0 Å². The van der Waals surface area contributed by atoms with Gasteiger partial charge in [0.05, 0.1) is 12.6 Å². The molecule has 4 nitrogen and oxygen atoms in total. The standard InChI is InChI=1S/C15H21NO3/c1-2-5-17-10-13-12-9-15-14(18-6-7-19-15)8-11(12)3-4-16-13/h8-9,13,16H,2-7,10H2,1H3. The SMILES string of the molecule is CCCOCC1NCCc2cc3c(cc21)OCCO3. The Morgan fingerprint density at radius 1 is 1.26 bits per heavy atom. The van der Waals surface area contributed by atoms with Gasteiger partial charge in [0, 0.05) is 6.61 Å². The molecular formula is C15H21NO3. The maximum Gasteiger partial charge on any atom is 0.161 e. The van der Waals surface area contributed by atoms with Gasteiger partial charge in [0.2, 0.25) is 0 Å². The molecular weight excluding hydrogens is 242 g/mol. The van der Waals surface area contributed by atoms with Crippen LogP contribution in [0, 0.1) is 0 Å². The number of benzene rings is 1. The molecule has 0 bridgehead atoms. The van der Waals surface area contributed by atoms with Gasteiger partial charge in [0.15, 0.2) is 11.5 Å². The third kappa shape index (κ3) is 2.69. The number of nitrogens with one attached hydrogen (secondary N) is 1. The Bertz CT molecular complexity index is 447. The summed E-state index contributed by atoms with van der Waals surface area (Å²) in [5.41, 5.74) is 2.65. The molecule has 104 valence electrons. The molecule has 1 aromatic rings. The summed E-state index contributed by atoms with van der Waals surface area (Å²) < 4.78 is 17.0. The first-order chi connectivity index (χ1) is 9.38. The molecule has 1 aromatic carbocycles. The summed E-state index contributed by atoms with van der Waals surface area (Å²) in [5, 5.41) is 3.52. The third-order valence-corrected chi connectivity index (χ3v) is 3.60. The van der Waals surface area contributed by atoms with Crippen LogP contribution in [-0.2, 0) is 11.2 Å². The molecule has 2 aliphatic heterocycles. The van der Waals surface area contributed by atoms with Crippen molar-refractivity contribution in [1.82, 2.24) is 5.32 Å². The third-order valence-electron chi connectivity index (χ3n) is 3.60. The molecule has 1 N–H and O–H groups in total. The molecule has 1 atom stereocenters. The number of rotatable bonds is 4. The van der Waals surface area contributed by atoms with Crippen molar-refractivity contribution in [2.75, 3.05) is 33.0 Å². The van der Waals surface area contributed by atoms with Gasteiger partial charge in [-0.3, -0.25) is 0 Å². The van der Waals surface area contributed by atoms with Gasteiger partial charge in [-0.2, -0.15) is 0 Å². The lowest BCUT2D eigenvalue weighted by Gasteiger charge is -2.29. The van der Waals surface area contributed by atoms with Crippen LogP contribution in [0.25, 0.3) is 0 Å². The van der Waals surface area contributed by atoms with Crippen LogP contribution < -0.4 is 14.8 Å². The summed E-state index contributed by atoms with van der Waals surface area (Å²) in [5.74, 6) is 1.76. The van der Waals surface area contributed by atoms with Crippen molar-refractivity contribution in [3.63, 3.8) is 0 Å². The number of hydrogen-bond donors (Lipinski definition) is 1. The molecule has 0 saturated carbocycles. The van der Waals surface area contributed by atoms with E-state index in [9.17, 15) is 0 Å². The van der Waals surface area contributed by atoms with Crippen LogP contribution in [0.4, 0.5) is 0 Å². The van der Waals surface area contributed by atoms with Gasteiger partial charge in [-0.1, -0.05) is 6.92 Å². The normalized spacial score (nSPS) is 21.0. The second-order valence-electron chi connectivity index (χ2n) is 5.03. The van der Waals surface area contributed by atoms with Crippen molar-refractivity contribution >= 4 is 0 Å². The molecule has 0 amide bonds. The first-order valence-corrected chi connectivity index (χ1v) is 7.12. The van der Waals surface area contributed by atoms with Crippen molar-refractivity contribution in [1.29, 1.82) is 0 Å². The van der Waals surface area contributed by atoms with E-state index in [1.165, 1.54) is 11.1 Å². The summed E-state index contributed by atoms with van der Waals surface area (Å²) in [6.07, 6.45) is 2.09. The minimum Gasteiger partial charge on any atom is -0.486 e. The molecule has 1 unspecified atom stereocenters. The van der Waals surface area contributed by atoms with Gasteiger partial charge in [-0.05, 0) is 42.6 Å². The Balaban J connectivity index is 1.82. The van der Waals surface area contributed by atoms with E-state index in [1.807, 2.05) is 0 Å².